The zero-order valence-corrected chi connectivity index (χ0v) is 12.6. The summed E-state index contributed by atoms with van der Waals surface area (Å²) < 4.78 is 0. The van der Waals surface area contributed by atoms with Gasteiger partial charge in [-0.15, -0.1) is 0 Å². The summed E-state index contributed by atoms with van der Waals surface area (Å²) >= 11 is 5.97. The standard InChI is InChI=1S/C14H20ClN3O2/c1-3-6-17-13(19)10-18(8-4-2)14(20)11-5-7-16-9-12(11)15/h5,7,9H,3-4,6,8,10H2,1-2H3,(H,17,19). The van der Waals surface area contributed by atoms with Crippen LogP contribution in [-0.4, -0.2) is 41.3 Å². The average Bonchev–Trinajstić information content (AvgIpc) is 2.44. The third-order valence-electron chi connectivity index (χ3n) is 2.69. The van der Waals surface area contributed by atoms with Gasteiger partial charge in [-0.2, -0.15) is 0 Å². The fraction of sp³-hybridized carbons (Fsp3) is 0.500. The molecule has 1 aromatic rings. The SMILES string of the molecule is CCCNC(=O)CN(CCC)C(=O)c1ccncc1Cl. The van der Waals surface area contributed by atoms with E-state index in [1.165, 1.54) is 17.3 Å². The van der Waals surface area contributed by atoms with Gasteiger partial charge in [0.15, 0.2) is 0 Å². The van der Waals surface area contributed by atoms with Crippen LogP contribution >= 0.6 is 11.6 Å². The lowest BCUT2D eigenvalue weighted by Gasteiger charge is -2.22. The molecule has 0 saturated carbocycles. The van der Waals surface area contributed by atoms with Crippen LogP contribution in [0.1, 0.15) is 37.0 Å². The molecule has 1 aromatic heterocycles. The number of halogens is 1. The normalized spacial score (nSPS) is 10.2. The van der Waals surface area contributed by atoms with E-state index in [0.717, 1.165) is 12.8 Å². The summed E-state index contributed by atoms with van der Waals surface area (Å²) in [5, 5.41) is 3.06. The Bertz CT molecular complexity index is 465. The minimum atomic E-state index is -0.245. The summed E-state index contributed by atoms with van der Waals surface area (Å²) in [6.45, 7) is 5.11. The van der Waals surface area contributed by atoms with Crippen molar-refractivity contribution in [1.29, 1.82) is 0 Å². The van der Waals surface area contributed by atoms with Gasteiger partial charge in [-0.3, -0.25) is 14.6 Å². The van der Waals surface area contributed by atoms with Crippen LogP contribution in [-0.2, 0) is 4.79 Å². The van der Waals surface area contributed by atoms with Crippen LogP contribution < -0.4 is 5.32 Å². The van der Waals surface area contributed by atoms with Gasteiger partial charge in [0, 0.05) is 25.5 Å². The van der Waals surface area contributed by atoms with Crippen molar-refractivity contribution in [2.24, 2.45) is 0 Å². The maximum absolute atomic E-state index is 12.4. The maximum Gasteiger partial charge on any atom is 0.255 e. The number of hydrogen-bond donors (Lipinski definition) is 1. The Morgan fingerprint density at radius 1 is 1.35 bits per heavy atom. The van der Waals surface area contributed by atoms with Gasteiger partial charge in [0.05, 0.1) is 17.1 Å². The first-order valence-corrected chi connectivity index (χ1v) is 7.13. The molecule has 0 unspecified atom stereocenters. The first-order valence-electron chi connectivity index (χ1n) is 6.75. The molecule has 5 nitrogen and oxygen atoms in total. The Kier molecular flexibility index (Phi) is 7.01. The molecule has 0 aliphatic rings. The Labute approximate surface area is 124 Å². The lowest BCUT2D eigenvalue weighted by atomic mass is 10.2. The van der Waals surface area contributed by atoms with Gasteiger partial charge in [-0.25, -0.2) is 0 Å². The largest absolute Gasteiger partial charge is 0.355 e. The van der Waals surface area contributed by atoms with Gasteiger partial charge >= 0.3 is 0 Å². The third-order valence-corrected chi connectivity index (χ3v) is 2.99. The van der Waals surface area contributed by atoms with E-state index >= 15 is 0 Å². The molecule has 110 valence electrons. The minimum Gasteiger partial charge on any atom is -0.355 e. The van der Waals surface area contributed by atoms with Gasteiger partial charge < -0.3 is 10.2 Å². The van der Waals surface area contributed by atoms with E-state index in [-0.39, 0.29) is 18.4 Å². The number of rotatable bonds is 7. The van der Waals surface area contributed by atoms with Crippen LogP contribution in [0.4, 0.5) is 0 Å². The molecule has 0 aromatic carbocycles. The first kappa shape index (κ1) is 16.4. The summed E-state index contributed by atoms with van der Waals surface area (Å²) in [6, 6.07) is 1.57. The van der Waals surface area contributed by atoms with E-state index in [4.69, 9.17) is 11.6 Å². The zero-order chi connectivity index (χ0) is 15.0. The van der Waals surface area contributed by atoms with Gasteiger partial charge in [-0.05, 0) is 18.9 Å². The second-order valence-electron chi connectivity index (χ2n) is 4.43. The number of hydrogen-bond acceptors (Lipinski definition) is 3. The molecular weight excluding hydrogens is 278 g/mol. The van der Waals surface area contributed by atoms with E-state index < -0.39 is 0 Å². The van der Waals surface area contributed by atoms with Gasteiger partial charge in [0.2, 0.25) is 5.91 Å². The lowest BCUT2D eigenvalue weighted by molar-refractivity contribution is -0.121. The van der Waals surface area contributed by atoms with Crippen molar-refractivity contribution in [3.63, 3.8) is 0 Å². The van der Waals surface area contributed by atoms with Crippen molar-refractivity contribution in [2.75, 3.05) is 19.6 Å². The first-order chi connectivity index (χ1) is 9.60. The van der Waals surface area contributed by atoms with Gasteiger partial charge in [-0.1, -0.05) is 25.4 Å². The highest BCUT2D eigenvalue weighted by atomic mass is 35.5. The van der Waals surface area contributed by atoms with Crippen molar-refractivity contribution in [3.05, 3.63) is 29.0 Å². The third kappa shape index (κ3) is 4.81. The molecule has 0 fully saturated rings. The van der Waals surface area contributed by atoms with E-state index in [2.05, 4.69) is 10.3 Å². The summed E-state index contributed by atoms with van der Waals surface area (Å²) in [6.07, 6.45) is 4.58. The van der Waals surface area contributed by atoms with Crippen molar-refractivity contribution in [2.45, 2.75) is 26.7 Å². The molecule has 0 aliphatic heterocycles. The predicted octanol–water partition coefficient (Wildman–Crippen LogP) is 2.11. The number of nitrogens with zero attached hydrogens (tertiary/aromatic N) is 2. The molecule has 0 saturated heterocycles. The van der Waals surface area contributed by atoms with Crippen LogP contribution in [0.25, 0.3) is 0 Å². The quantitative estimate of drug-likeness (QED) is 0.838. The van der Waals surface area contributed by atoms with E-state index in [1.54, 1.807) is 6.07 Å². The Morgan fingerprint density at radius 3 is 2.70 bits per heavy atom. The monoisotopic (exact) mass is 297 g/mol. The number of carbonyl (C=O) groups excluding carboxylic acids is 2. The number of pyridine rings is 1. The van der Waals surface area contributed by atoms with Gasteiger partial charge in [0.1, 0.15) is 0 Å². The van der Waals surface area contributed by atoms with Crippen LogP contribution in [0.15, 0.2) is 18.5 Å². The van der Waals surface area contributed by atoms with Crippen molar-refractivity contribution in [1.82, 2.24) is 15.2 Å². The summed E-state index contributed by atoms with van der Waals surface area (Å²) in [7, 11) is 0. The van der Waals surface area contributed by atoms with Crippen molar-refractivity contribution < 1.29 is 9.59 Å². The van der Waals surface area contributed by atoms with E-state index in [1.807, 2.05) is 13.8 Å². The second kappa shape index (κ2) is 8.53. The minimum absolute atomic E-state index is 0.0469. The second-order valence-corrected chi connectivity index (χ2v) is 4.84. The Morgan fingerprint density at radius 2 is 2.10 bits per heavy atom. The smallest absolute Gasteiger partial charge is 0.255 e. The maximum atomic E-state index is 12.4. The predicted molar refractivity (Wildman–Crippen MR) is 78.7 cm³/mol. The molecule has 2 amide bonds. The highest BCUT2D eigenvalue weighted by molar-refractivity contribution is 6.33. The van der Waals surface area contributed by atoms with E-state index in [0.29, 0.717) is 23.7 Å². The van der Waals surface area contributed by atoms with Crippen molar-refractivity contribution >= 4 is 23.4 Å². The molecule has 0 bridgehead atoms. The summed E-state index contributed by atoms with van der Waals surface area (Å²) in [5.41, 5.74) is 0.374. The molecule has 6 heteroatoms. The Hall–Kier alpha value is -1.62. The lowest BCUT2D eigenvalue weighted by Crippen LogP contribution is -2.41. The fourth-order valence-electron chi connectivity index (χ4n) is 1.73. The fourth-order valence-corrected chi connectivity index (χ4v) is 1.94. The molecule has 0 radical (unpaired) electrons. The highest BCUT2D eigenvalue weighted by Crippen LogP contribution is 2.15. The number of carbonyl (C=O) groups is 2. The van der Waals surface area contributed by atoms with Crippen LogP contribution in [0.5, 0.6) is 0 Å². The number of aromatic nitrogens is 1. The average molecular weight is 298 g/mol. The summed E-state index contributed by atoms with van der Waals surface area (Å²) in [5.74, 6) is -0.398. The zero-order valence-electron chi connectivity index (χ0n) is 11.9. The molecule has 1 rings (SSSR count). The van der Waals surface area contributed by atoms with Crippen LogP contribution in [0.3, 0.4) is 0 Å². The van der Waals surface area contributed by atoms with Gasteiger partial charge in [0.25, 0.3) is 5.91 Å². The molecule has 0 atom stereocenters. The Balaban J connectivity index is 2.77. The molecule has 0 spiro atoms. The molecule has 20 heavy (non-hydrogen) atoms. The topological polar surface area (TPSA) is 62.3 Å². The molecular formula is C14H20ClN3O2. The number of nitrogens with one attached hydrogen (secondary N) is 1. The van der Waals surface area contributed by atoms with Crippen LogP contribution in [0, 0.1) is 0 Å². The summed E-state index contributed by atoms with van der Waals surface area (Å²) in [4.78, 5) is 29.5. The number of amides is 2. The van der Waals surface area contributed by atoms with E-state index in [9.17, 15) is 9.59 Å². The van der Waals surface area contributed by atoms with Crippen LogP contribution in [0.2, 0.25) is 5.02 Å². The highest BCUT2D eigenvalue weighted by Gasteiger charge is 2.20. The van der Waals surface area contributed by atoms with Crippen molar-refractivity contribution in [3.8, 4) is 0 Å². The molecule has 0 aliphatic carbocycles. The molecule has 1 N–H and O–H groups in total. The molecule has 1 heterocycles.